The number of nitrogen functional groups attached to an aromatic ring is 1. The van der Waals surface area contributed by atoms with Crippen LogP contribution in [0.5, 0.6) is 0 Å². The Labute approximate surface area is 670 Å². The number of aromatic carboxylic acids is 2. The third-order valence-electron chi connectivity index (χ3n) is 14.6. The van der Waals surface area contributed by atoms with Crippen LogP contribution in [0, 0.1) is 3.57 Å². The molecule has 0 aliphatic carbocycles. The number of primary amides is 1. The average molecular weight is 1790 g/mol. The number of carboxylic acids is 2. The summed E-state index contributed by atoms with van der Waals surface area (Å²) in [4.78, 5) is 95.6. The number of para-hydroxylation sites is 4. The predicted octanol–water partition coefficient (Wildman–Crippen LogP) is 20.9. The Kier molecular flexibility index (Phi) is 31.9. The molecule has 0 unspecified atom stereocenters. The lowest BCUT2D eigenvalue weighted by atomic mass is 10.1. The van der Waals surface area contributed by atoms with Gasteiger partial charge in [-0.25, -0.2) is 9.59 Å². The number of aromatic amines is 1. The zero-order chi connectivity index (χ0) is 76.9. The van der Waals surface area contributed by atoms with Gasteiger partial charge in [-0.2, -0.15) is 0 Å². The van der Waals surface area contributed by atoms with Crippen molar-refractivity contribution in [1.82, 2.24) is 14.1 Å². The second-order valence-corrected chi connectivity index (χ2v) is 27.0. The van der Waals surface area contributed by atoms with E-state index in [1.54, 1.807) is 187 Å². The van der Waals surface area contributed by atoms with Crippen molar-refractivity contribution >= 4 is 267 Å². The maximum atomic E-state index is 12.7. The molecular weight excluding hydrogens is 1740 g/mol. The van der Waals surface area contributed by atoms with E-state index < -0.39 is 23.8 Å². The van der Waals surface area contributed by atoms with Gasteiger partial charge >= 0.3 is 23.9 Å². The lowest BCUT2D eigenvalue weighted by Gasteiger charge is -2.16. The van der Waals surface area contributed by atoms with E-state index >= 15 is 0 Å². The van der Waals surface area contributed by atoms with Crippen molar-refractivity contribution in [2.24, 2.45) is 5.73 Å². The van der Waals surface area contributed by atoms with Crippen molar-refractivity contribution in [3.8, 4) is 0 Å². The fourth-order valence-corrected chi connectivity index (χ4v) is 12.6. The topological polar surface area (TPSA) is 285 Å². The smallest absolute Gasteiger partial charge is 0.337 e. The van der Waals surface area contributed by atoms with Crippen LogP contribution in [0.4, 0.5) is 17.1 Å². The highest BCUT2D eigenvalue weighted by Gasteiger charge is 2.20. The van der Waals surface area contributed by atoms with E-state index in [0.29, 0.717) is 135 Å². The summed E-state index contributed by atoms with van der Waals surface area (Å²) in [5.41, 5.74) is 15.9. The van der Waals surface area contributed by atoms with E-state index in [-0.39, 0.29) is 57.6 Å². The summed E-state index contributed by atoms with van der Waals surface area (Å²) in [7, 11) is 0. The summed E-state index contributed by atoms with van der Waals surface area (Å²) < 4.78 is 13.6. The molecule has 13 aromatic rings. The summed E-state index contributed by atoms with van der Waals surface area (Å²) >= 11 is 64.8. The molecule has 0 spiro atoms. The molecule has 30 heteroatoms. The number of nitrogens with one attached hydrogen (secondary N) is 2. The van der Waals surface area contributed by atoms with Crippen LogP contribution in [0.1, 0.15) is 34.6 Å². The van der Waals surface area contributed by atoms with Crippen molar-refractivity contribution in [2.45, 2.75) is 26.9 Å². The van der Waals surface area contributed by atoms with Crippen LogP contribution in [0.3, 0.4) is 0 Å². The number of aromatic nitrogens is 3. The lowest BCUT2D eigenvalue weighted by molar-refractivity contribution is -0.143. The standard InChI is InChI=1S/C17H13Cl2NO3.C15H10Cl2N2O2.C13H9Cl2NO2.C13H7Cl2NO.C7H5IO2.C6H5Cl2N.C4H7BrO2/c1-2-23-14(21)9-20-13-6-4-3-5-10(13)17(22)11-7-8-12(18)15(19)16(11)20;16-10-6-5-9-14(13(10)17)19(7-12(18)20)11-4-2-1-3-8(11)15(9)21;14-9-5-3-7-11(12(9)15)16-10-6-2-1-4-8(10)13(17)18;14-9-6-5-8-12(11(9)15)16-10-4-2-1-3-7(10)13(8)17;8-6-4-2-1-3-5(6)7(9)10;7-4-2-1-3-5(9)6(4)8;1-2-7-4(6)3-5/h3-8H,2,9H2,1H3;1-6H,7H2,(H2,18,20);1-7,16H,(H,17,18);1-6H,(H,16,17);1-4H,(H,9,10);1-3H,9H2;2-3H2,1H3. The van der Waals surface area contributed by atoms with Gasteiger partial charge < -0.3 is 50.6 Å². The molecule has 105 heavy (non-hydrogen) atoms. The lowest BCUT2D eigenvalue weighted by Crippen LogP contribution is -2.21. The first-order valence-electron chi connectivity index (χ1n) is 30.6. The Morgan fingerprint density at radius 1 is 0.457 bits per heavy atom. The van der Waals surface area contributed by atoms with Gasteiger partial charge in [0, 0.05) is 41.4 Å². The monoisotopic (exact) mass is 1790 g/mol. The first-order valence-corrected chi connectivity index (χ1v) is 36.6. The Bertz CT molecular complexity index is 5610. The van der Waals surface area contributed by atoms with E-state index in [0.717, 1.165) is 9.09 Å². The number of carbonyl (C=O) groups is 5. The second-order valence-electron chi connectivity index (χ2n) is 21.4. The summed E-state index contributed by atoms with van der Waals surface area (Å²) in [5.74, 6) is -3.01. The SMILES string of the molecule is CCOC(=O)CBr.CCOC(=O)Cn1c2ccccc2c(=O)c2ccc(Cl)c(Cl)c21.NC(=O)Cn1c2ccccc2c(=O)c2ccc(Cl)c(Cl)c21.Nc1cccc(Cl)c1Cl.O=C(O)c1ccccc1I.O=C(O)c1ccccc1Nc1cccc(Cl)c1Cl.O=c1c2ccccc2[nH]c2c(Cl)c(Cl)ccc12. The highest BCUT2D eigenvalue weighted by atomic mass is 127. The molecular formula is C75H56BrCl10IN6O12. The minimum Gasteiger partial charge on any atom is -0.478 e. The molecule has 13 rings (SSSR count). The maximum absolute atomic E-state index is 12.7. The van der Waals surface area contributed by atoms with Crippen LogP contribution in [0.15, 0.2) is 209 Å². The third kappa shape index (κ3) is 21.5. The van der Waals surface area contributed by atoms with Crippen LogP contribution < -0.4 is 33.1 Å². The molecule has 3 aromatic heterocycles. The van der Waals surface area contributed by atoms with Crippen LogP contribution in [-0.2, 0) is 36.9 Å². The number of alkyl halides is 1. The predicted molar refractivity (Wildman–Crippen MR) is 440 cm³/mol. The minimum absolute atomic E-state index is 0.0343. The molecule has 542 valence electrons. The van der Waals surface area contributed by atoms with Gasteiger partial charge in [0.05, 0.1) is 119 Å². The van der Waals surface area contributed by atoms with E-state index in [9.17, 15) is 38.4 Å². The summed E-state index contributed by atoms with van der Waals surface area (Å²) in [5, 5.41) is 27.6. The molecule has 1 amide bonds. The van der Waals surface area contributed by atoms with Gasteiger partial charge in [-0.05, 0) is 158 Å². The van der Waals surface area contributed by atoms with Gasteiger partial charge in [0.2, 0.25) is 5.91 Å². The summed E-state index contributed by atoms with van der Waals surface area (Å²) in [6.07, 6.45) is 0. The molecule has 0 aliphatic heterocycles. The first-order chi connectivity index (χ1) is 50.1. The number of nitrogens with two attached hydrogens (primary N) is 2. The number of amides is 1. The number of nitrogens with zero attached hydrogens (tertiary/aromatic N) is 2. The quantitative estimate of drug-likeness (QED) is 0.0231. The first kappa shape index (κ1) is 83.9. The number of pyridine rings is 3. The van der Waals surface area contributed by atoms with Crippen LogP contribution in [0.2, 0.25) is 50.2 Å². The number of rotatable bonds is 11. The number of H-pyrrole nitrogens is 1. The molecule has 18 nitrogen and oxygen atoms in total. The van der Waals surface area contributed by atoms with Gasteiger partial charge in [0.25, 0.3) is 0 Å². The third-order valence-corrected chi connectivity index (χ3v) is 20.0. The maximum Gasteiger partial charge on any atom is 0.337 e. The fourth-order valence-electron chi connectivity index (χ4n) is 9.94. The van der Waals surface area contributed by atoms with Gasteiger partial charge in [-0.15, -0.1) is 0 Å². The Morgan fingerprint density at radius 2 is 0.876 bits per heavy atom. The molecule has 8 N–H and O–H groups in total. The molecule has 3 heterocycles. The molecule has 0 fully saturated rings. The Hall–Kier alpha value is -8.33. The highest BCUT2D eigenvalue weighted by Crippen LogP contribution is 2.36. The normalized spacial score (nSPS) is 10.5. The van der Waals surface area contributed by atoms with E-state index in [2.05, 4.69) is 31.0 Å². The number of hydrogen-bond acceptors (Lipinski definition) is 12. The van der Waals surface area contributed by atoms with Crippen molar-refractivity contribution in [3.05, 3.63) is 290 Å². The molecule has 0 bridgehead atoms. The molecule has 0 radical (unpaired) electrons. The van der Waals surface area contributed by atoms with Crippen molar-refractivity contribution in [2.75, 3.05) is 29.6 Å². The van der Waals surface area contributed by atoms with Crippen molar-refractivity contribution in [3.63, 3.8) is 0 Å². The Morgan fingerprint density at radius 3 is 1.36 bits per heavy atom. The molecule has 0 atom stereocenters. The number of hydrogen-bond donors (Lipinski definition) is 6. The molecule has 0 saturated carbocycles. The number of ether oxygens (including phenoxy) is 2. The van der Waals surface area contributed by atoms with E-state index in [4.69, 9.17) is 142 Å². The fraction of sp³-hybridized carbons (Fsp3) is 0.0933. The van der Waals surface area contributed by atoms with Gasteiger partial charge in [0.1, 0.15) is 18.4 Å². The number of benzene rings is 10. The summed E-state index contributed by atoms with van der Waals surface area (Å²) in [6.45, 7) is 4.13. The number of anilines is 3. The van der Waals surface area contributed by atoms with E-state index in [1.165, 1.54) is 6.07 Å². The zero-order valence-electron chi connectivity index (χ0n) is 54.6. The van der Waals surface area contributed by atoms with E-state index in [1.807, 2.05) is 46.9 Å². The number of carboxylic acid groups (broad SMARTS) is 2. The second kappa shape index (κ2) is 39.9. The number of esters is 2. The number of halogens is 12. The van der Waals surface area contributed by atoms with Gasteiger partial charge in [-0.3, -0.25) is 28.8 Å². The van der Waals surface area contributed by atoms with Crippen LogP contribution >= 0.6 is 155 Å². The molecule has 0 aliphatic rings. The largest absolute Gasteiger partial charge is 0.478 e. The van der Waals surface area contributed by atoms with Crippen molar-refractivity contribution < 1.29 is 43.7 Å². The molecule has 10 aromatic carbocycles. The average Bonchev–Trinajstić information content (AvgIpc) is 0.753. The number of carbonyl (C=O) groups excluding carboxylic acids is 3. The van der Waals surface area contributed by atoms with Crippen LogP contribution in [0.25, 0.3) is 65.4 Å². The zero-order valence-corrected chi connectivity index (χ0v) is 65.9. The Balaban J connectivity index is 0.000000177. The van der Waals surface area contributed by atoms with Crippen LogP contribution in [-0.4, -0.2) is 72.7 Å². The number of fused-ring (bicyclic) bond motifs is 6. The highest BCUT2D eigenvalue weighted by molar-refractivity contribution is 14.1. The van der Waals surface area contributed by atoms with Gasteiger partial charge in [-0.1, -0.05) is 205 Å². The minimum atomic E-state index is -1.00. The van der Waals surface area contributed by atoms with Crippen molar-refractivity contribution in [1.29, 1.82) is 0 Å². The van der Waals surface area contributed by atoms with Gasteiger partial charge in [0.15, 0.2) is 16.3 Å². The summed E-state index contributed by atoms with van der Waals surface area (Å²) in [6, 6.07) is 54.9. The molecule has 0 saturated heterocycles.